The summed E-state index contributed by atoms with van der Waals surface area (Å²) in [6.45, 7) is 2.69. The van der Waals surface area contributed by atoms with Crippen molar-refractivity contribution in [3.05, 3.63) is 89.4 Å². The number of halogens is 1. The van der Waals surface area contributed by atoms with E-state index >= 15 is 0 Å². The lowest BCUT2D eigenvalue weighted by Gasteiger charge is -2.25. The van der Waals surface area contributed by atoms with Gasteiger partial charge in [-0.1, -0.05) is 54.1 Å². The molecule has 0 radical (unpaired) electrons. The van der Waals surface area contributed by atoms with E-state index < -0.39 is 41.0 Å². The first-order valence-electron chi connectivity index (χ1n) is 12.4. The molecule has 0 bridgehead atoms. The number of carbonyl (C=O) groups excluding carboxylic acids is 2. The number of amides is 3. The van der Waals surface area contributed by atoms with Crippen LogP contribution in [0.2, 0.25) is 5.02 Å². The molecule has 3 amide bonds. The highest BCUT2D eigenvalue weighted by Gasteiger charge is 2.28. The standard InChI is InChI=1S/C28H31ClN4O6S/c1-20(2)30-27(35)19-33(24-12-6-10-22(29)16-24)40(38,39)25-13-7-11-23(17-25)31-26(34)18-32(28(36)37)15-14-21-8-4-3-5-9-21/h3-13,16-17,20H,14-15,18-19H2,1-2H3,(H,30,35)(H,31,34)(H,36,37). The quantitative estimate of drug-likeness (QED) is 0.291. The van der Waals surface area contributed by atoms with Gasteiger partial charge in [-0.2, -0.15) is 0 Å². The number of sulfonamides is 1. The van der Waals surface area contributed by atoms with Crippen molar-refractivity contribution in [1.82, 2.24) is 10.2 Å². The van der Waals surface area contributed by atoms with Crippen molar-refractivity contribution in [3.8, 4) is 0 Å². The Morgan fingerprint density at radius 1 is 0.900 bits per heavy atom. The smallest absolute Gasteiger partial charge is 0.407 e. The Bertz CT molecular complexity index is 1450. The fraction of sp³-hybridized carbons (Fsp3) is 0.250. The minimum atomic E-state index is -4.28. The predicted molar refractivity (Wildman–Crippen MR) is 154 cm³/mol. The Hall–Kier alpha value is -4.09. The summed E-state index contributed by atoms with van der Waals surface area (Å²) >= 11 is 6.09. The average molecular weight is 587 g/mol. The van der Waals surface area contributed by atoms with Crippen LogP contribution in [0.15, 0.2) is 83.8 Å². The topological polar surface area (TPSA) is 136 Å². The van der Waals surface area contributed by atoms with Gasteiger partial charge in [0.15, 0.2) is 0 Å². The van der Waals surface area contributed by atoms with Gasteiger partial charge in [0, 0.05) is 23.3 Å². The lowest BCUT2D eigenvalue weighted by molar-refractivity contribution is -0.120. The lowest BCUT2D eigenvalue weighted by atomic mass is 10.1. The zero-order valence-corrected chi connectivity index (χ0v) is 23.7. The third kappa shape index (κ3) is 8.72. The molecule has 0 fully saturated rings. The molecule has 0 saturated heterocycles. The van der Waals surface area contributed by atoms with Crippen LogP contribution in [0.3, 0.4) is 0 Å². The molecule has 0 atom stereocenters. The van der Waals surface area contributed by atoms with Crippen molar-refractivity contribution in [1.29, 1.82) is 0 Å². The van der Waals surface area contributed by atoms with Gasteiger partial charge in [-0.15, -0.1) is 0 Å². The number of carboxylic acid groups (broad SMARTS) is 1. The van der Waals surface area contributed by atoms with Crippen molar-refractivity contribution < 1.29 is 27.9 Å². The number of carbonyl (C=O) groups is 3. The number of hydrogen-bond acceptors (Lipinski definition) is 5. The van der Waals surface area contributed by atoms with Gasteiger partial charge in [0.25, 0.3) is 10.0 Å². The van der Waals surface area contributed by atoms with E-state index in [0.29, 0.717) is 11.4 Å². The Morgan fingerprint density at radius 2 is 1.60 bits per heavy atom. The van der Waals surface area contributed by atoms with E-state index in [-0.39, 0.29) is 28.9 Å². The maximum atomic E-state index is 13.7. The van der Waals surface area contributed by atoms with Gasteiger partial charge in [0.2, 0.25) is 11.8 Å². The summed E-state index contributed by atoms with van der Waals surface area (Å²) < 4.78 is 28.3. The van der Waals surface area contributed by atoms with Crippen molar-refractivity contribution in [2.24, 2.45) is 0 Å². The first-order valence-corrected chi connectivity index (χ1v) is 14.3. The zero-order chi connectivity index (χ0) is 29.3. The molecule has 3 rings (SSSR count). The molecule has 0 unspecified atom stereocenters. The molecule has 0 aliphatic carbocycles. The monoisotopic (exact) mass is 586 g/mol. The number of benzene rings is 3. The van der Waals surface area contributed by atoms with Gasteiger partial charge >= 0.3 is 6.09 Å². The average Bonchev–Trinajstić information content (AvgIpc) is 2.89. The van der Waals surface area contributed by atoms with Gasteiger partial charge in [-0.3, -0.25) is 18.8 Å². The van der Waals surface area contributed by atoms with Crippen LogP contribution < -0.4 is 14.9 Å². The van der Waals surface area contributed by atoms with E-state index in [1.165, 1.54) is 36.4 Å². The van der Waals surface area contributed by atoms with Crippen molar-refractivity contribution in [3.63, 3.8) is 0 Å². The summed E-state index contributed by atoms with van der Waals surface area (Å²) in [6.07, 6.45) is -0.822. The highest BCUT2D eigenvalue weighted by Crippen LogP contribution is 2.27. The second-order valence-electron chi connectivity index (χ2n) is 9.23. The fourth-order valence-electron chi connectivity index (χ4n) is 3.83. The molecule has 0 aliphatic heterocycles. The van der Waals surface area contributed by atoms with Gasteiger partial charge in [-0.25, -0.2) is 13.2 Å². The van der Waals surface area contributed by atoms with Crippen LogP contribution in [0.25, 0.3) is 0 Å². The SMILES string of the molecule is CC(C)NC(=O)CN(c1cccc(Cl)c1)S(=O)(=O)c1cccc(NC(=O)CN(CCc2ccccc2)C(=O)O)c1. The van der Waals surface area contributed by atoms with Gasteiger partial charge < -0.3 is 15.7 Å². The van der Waals surface area contributed by atoms with Crippen LogP contribution in [0.5, 0.6) is 0 Å². The fourth-order valence-corrected chi connectivity index (χ4v) is 5.47. The van der Waals surface area contributed by atoms with Crippen molar-refractivity contribution in [2.45, 2.75) is 31.2 Å². The third-order valence-corrected chi connectivity index (χ3v) is 7.66. The van der Waals surface area contributed by atoms with E-state index in [9.17, 15) is 27.9 Å². The predicted octanol–water partition coefficient (Wildman–Crippen LogP) is 4.22. The molecule has 40 heavy (non-hydrogen) atoms. The molecule has 12 heteroatoms. The number of nitrogens with one attached hydrogen (secondary N) is 2. The maximum Gasteiger partial charge on any atom is 0.407 e. The van der Waals surface area contributed by atoms with E-state index in [1.54, 1.807) is 26.0 Å². The molecule has 3 aromatic rings. The van der Waals surface area contributed by atoms with Gasteiger partial charge in [-0.05, 0) is 62.2 Å². The second-order valence-corrected chi connectivity index (χ2v) is 11.5. The lowest BCUT2D eigenvalue weighted by Crippen LogP contribution is -2.43. The molecule has 212 valence electrons. The van der Waals surface area contributed by atoms with Crippen LogP contribution in [0.1, 0.15) is 19.4 Å². The zero-order valence-electron chi connectivity index (χ0n) is 22.1. The number of rotatable bonds is 12. The highest BCUT2D eigenvalue weighted by molar-refractivity contribution is 7.92. The molecule has 10 nitrogen and oxygen atoms in total. The molecule has 0 spiro atoms. The molecular weight excluding hydrogens is 556 g/mol. The van der Waals surface area contributed by atoms with Crippen LogP contribution in [-0.4, -0.2) is 62.0 Å². The van der Waals surface area contributed by atoms with E-state index in [0.717, 1.165) is 14.8 Å². The summed E-state index contributed by atoms with van der Waals surface area (Å²) in [5.41, 5.74) is 1.27. The molecule has 0 heterocycles. The molecule has 0 aliphatic rings. The largest absolute Gasteiger partial charge is 0.465 e. The van der Waals surface area contributed by atoms with E-state index in [2.05, 4.69) is 10.6 Å². The van der Waals surface area contributed by atoms with Crippen LogP contribution in [-0.2, 0) is 26.0 Å². The van der Waals surface area contributed by atoms with Crippen LogP contribution in [0, 0.1) is 0 Å². The van der Waals surface area contributed by atoms with Crippen LogP contribution in [0.4, 0.5) is 16.2 Å². The summed E-state index contributed by atoms with van der Waals surface area (Å²) in [5, 5.41) is 15.1. The number of anilines is 2. The first-order chi connectivity index (χ1) is 19.0. The summed E-state index contributed by atoms with van der Waals surface area (Å²) in [5.74, 6) is -1.14. The van der Waals surface area contributed by atoms with Gasteiger partial charge in [0.1, 0.15) is 13.1 Å². The molecule has 3 aromatic carbocycles. The molecule has 0 saturated carbocycles. The second kappa shape index (κ2) is 13.8. The number of hydrogen-bond donors (Lipinski definition) is 3. The third-order valence-electron chi connectivity index (χ3n) is 5.66. The minimum absolute atomic E-state index is 0.105. The van der Waals surface area contributed by atoms with Gasteiger partial charge in [0.05, 0.1) is 10.6 Å². The number of nitrogens with zero attached hydrogens (tertiary/aromatic N) is 2. The van der Waals surface area contributed by atoms with Crippen LogP contribution >= 0.6 is 11.6 Å². The maximum absolute atomic E-state index is 13.7. The summed E-state index contributed by atoms with van der Waals surface area (Å²) in [7, 11) is -4.28. The molecular formula is C28H31ClN4O6S. The van der Waals surface area contributed by atoms with Crippen molar-refractivity contribution in [2.75, 3.05) is 29.3 Å². The van der Waals surface area contributed by atoms with Crippen molar-refractivity contribution >= 4 is 50.9 Å². The minimum Gasteiger partial charge on any atom is -0.465 e. The van der Waals surface area contributed by atoms with E-state index in [1.807, 2.05) is 30.3 Å². The Balaban J connectivity index is 1.79. The first kappa shape index (κ1) is 30.5. The molecule has 3 N–H and O–H groups in total. The Morgan fingerprint density at radius 3 is 2.25 bits per heavy atom. The Kier molecular flexibility index (Phi) is 10.5. The highest BCUT2D eigenvalue weighted by atomic mass is 35.5. The summed E-state index contributed by atoms with van der Waals surface area (Å²) in [4.78, 5) is 37.8. The summed E-state index contributed by atoms with van der Waals surface area (Å²) in [6, 6.07) is 20.7. The van der Waals surface area contributed by atoms with E-state index in [4.69, 9.17) is 11.6 Å². The Labute approximate surface area is 238 Å². The molecule has 0 aromatic heterocycles. The normalized spacial score (nSPS) is 11.1.